The molecule has 0 aliphatic rings. The number of phosphoric ester groups is 2. The van der Waals surface area contributed by atoms with Crippen molar-refractivity contribution in [3.8, 4) is 0 Å². The quantitative estimate of drug-likeness (QED) is 0.0222. The predicted molar refractivity (Wildman–Crippen MR) is 414 cm³/mol. The summed E-state index contributed by atoms with van der Waals surface area (Å²) in [4.78, 5) is 73.0. The zero-order valence-electron chi connectivity index (χ0n) is 66.4. The van der Waals surface area contributed by atoms with E-state index in [0.29, 0.717) is 31.6 Å². The first-order chi connectivity index (χ1) is 48.7. The number of aliphatic hydroxyl groups excluding tert-OH is 1. The molecule has 0 saturated carbocycles. The number of ether oxygens (including phenoxy) is 4. The van der Waals surface area contributed by atoms with Gasteiger partial charge in [0.2, 0.25) is 0 Å². The van der Waals surface area contributed by atoms with Crippen LogP contribution in [-0.2, 0) is 65.4 Å². The molecule has 0 radical (unpaired) electrons. The maximum Gasteiger partial charge on any atom is 0.472 e. The van der Waals surface area contributed by atoms with Gasteiger partial charge in [0, 0.05) is 25.7 Å². The topological polar surface area (TPSA) is 237 Å². The summed E-state index contributed by atoms with van der Waals surface area (Å²) in [5.41, 5.74) is 0. The van der Waals surface area contributed by atoms with Gasteiger partial charge in [0.25, 0.3) is 0 Å². The van der Waals surface area contributed by atoms with E-state index in [9.17, 15) is 43.2 Å². The molecule has 0 aromatic carbocycles. The van der Waals surface area contributed by atoms with E-state index in [1.165, 1.54) is 231 Å². The van der Waals surface area contributed by atoms with Crippen LogP contribution in [-0.4, -0.2) is 96.7 Å². The monoisotopic (exact) mass is 1480 g/mol. The maximum absolute atomic E-state index is 13.1. The van der Waals surface area contributed by atoms with Gasteiger partial charge in [-0.1, -0.05) is 376 Å². The van der Waals surface area contributed by atoms with Crippen molar-refractivity contribution in [3.05, 3.63) is 0 Å². The summed E-state index contributed by atoms with van der Waals surface area (Å²) in [6.45, 7) is 11.9. The zero-order chi connectivity index (χ0) is 74.4. The molecular formula is C82H160O17P2. The fraction of sp³-hybridized carbons (Fsp3) is 0.951. The van der Waals surface area contributed by atoms with Crippen LogP contribution in [0, 0.1) is 17.8 Å². The van der Waals surface area contributed by atoms with Crippen molar-refractivity contribution in [2.45, 2.75) is 446 Å². The molecule has 0 fully saturated rings. The van der Waals surface area contributed by atoms with Crippen molar-refractivity contribution >= 4 is 39.5 Å². The van der Waals surface area contributed by atoms with Crippen LogP contribution in [0.5, 0.6) is 0 Å². The van der Waals surface area contributed by atoms with Gasteiger partial charge in [-0.05, 0) is 43.4 Å². The Kier molecular flexibility index (Phi) is 70.9. The fourth-order valence-corrected chi connectivity index (χ4v) is 14.2. The van der Waals surface area contributed by atoms with Gasteiger partial charge >= 0.3 is 39.5 Å². The standard InChI is InChI=1S/C82H160O17P2/c1-8-9-10-11-12-13-14-15-16-17-18-19-22-26-31-36-43-51-58-65-81(86)98-77(69-92-79(84)63-56-49-42-35-30-25-23-20-21-24-28-33-39-46-53-60-73(2)3)71-96-100(88,89)94-67-76(83)68-95-101(90,91)97-72-78(70-93-80(85)64-57-50-45-38-41-48-55-62-75(6)7)99-82(87)66-59-52-44-37-32-27-29-34-40-47-54-61-74(4)5/h73-78,83H,8-72H2,1-7H3,(H,88,89)(H,90,91)/t76-,77-,78-/m1/s1. The Bertz CT molecular complexity index is 1960. The molecule has 600 valence electrons. The van der Waals surface area contributed by atoms with E-state index in [-0.39, 0.29) is 25.7 Å². The SMILES string of the molecule is CCCCCCCCCCCCCCCCCCCCCC(=O)O[C@H](COC(=O)CCCCCCCCCCCCCCCCCC(C)C)COP(=O)(O)OC[C@@H](O)COP(=O)(O)OC[C@@H](COC(=O)CCCCCCCCCC(C)C)OC(=O)CCCCCCCCCCCCCC(C)C. The Morgan fingerprint density at radius 3 is 0.673 bits per heavy atom. The van der Waals surface area contributed by atoms with E-state index in [2.05, 4.69) is 48.5 Å². The molecule has 19 heteroatoms. The highest BCUT2D eigenvalue weighted by Gasteiger charge is 2.30. The van der Waals surface area contributed by atoms with E-state index in [1.807, 2.05) is 0 Å². The molecule has 5 atom stereocenters. The molecular weight excluding hydrogens is 1320 g/mol. The number of aliphatic hydroxyl groups is 1. The van der Waals surface area contributed by atoms with Crippen molar-refractivity contribution in [2.75, 3.05) is 39.6 Å². The molecule has 0 amide bonds. The molecule has 0 aliphatic heterocycles. The fourth-order valence-electron chi connectivity index (χ4n) is 12.7. The third-order valence-electron chi connectivity index (χ3n) is 19.1. The number of carbonyl (C=O) groups is 4. The largest absolute Gasteiger partial charge is 0.472 e. The number of hydrogen-bond acceptors (Lipinski definition) is 15. The van der Waals surface area contributed by atoms with Gasteiger partial charge < -0.3 is 33.8 Å². The van der Waals surface area contributed by atoms with Crippen molar-refractivity contribution in [1.29, 1.82) is 0 Å². The van der Waals surface area contributed by atoms with Crippen LogP contribution >= 0.6 is 15.6 Å². The van der Waals surface area contributed by atoms with Gasteiger partial charge in [0.05, 0.1) is 26.4 Å². The van der Waals surface area contributed by atoms with E-state index < -0.39 is 97.5 Å². The van der Waals surface area contributed by atoms with E-state index in [1.54, 1.807) is 0 Å². The van der Waals surface area contributed by atoms with E-state index in [4.69, 9.17) is 37.0 Å². The van der Waals surface area contributed by atoms with Crippen LogP contribution < -0.4 is 0 Å². The molecule has 0 heterocycles. The normalized spacial score (nSPS) is 14.0. The second-order valence-electron chi connectivity index (χ2n) is 30.9. The number of phosphoric acid groups is 2. The van der Waals surface area contributed by atoms with Gasteiger partial charge in [-0.15, -0.1) is 0 Å². The van der Waals surface area contributed by atoms with Gasteiger partial charge in [0.15, 0.2) is 12.2 Å². The number of hydrogen-bond donors (Lipinski definition) is 3. The second-order valence-corrected chi connectivity index (χ2v) is 33.8. The highest BCUT2D eigenvalue weighted by atomic mass is 31.2. The first-order valence-electron chi connectivity index (χ1n) is 42.3. The van der Waals surface area contributed by atoms with Crippen LogP contribution in [0.3, 0.4) is 0 Å². The van der Waals surface area contributed by atoms with Gasteiger partial charge in [-0.25, -0.2) is 9.13 Å². The lowest BCUT2D eigenvalue weighted by atomic mass is 10.0. The minimum absolute atomic E-state index is 0.106. The highest BCUT2D eigenvalue weighted by Crippen LogP contribution is 2.45. The summed E-state index contributed by atoms with van der Waals surface area (Å²) in [5, 5.41) is 10.6. The Labute approximate surface area is 619 Å². The Morgan fingerprint density at radius 2 is 0.455 bits per heavy atom. The van der Waals surface area contributed by atoms with Crippen LogP contribution in [0.15, 0.2) is 0 Å². The Balaban J connectivity index is 5.24. The summed E-state index contributed by atoms with van der Waals surface area (Å²) in [6.07, 6.45) is 61.2. The van der Waals surface area contributed by atoms with Crippen molar-refractivity contribution in [1.82, 2.24) is 0 Å². The van der Waals surface area contributed by atoms with Crippen LogP contribution in [0.1, 0.15) is 427 Å². The Hall–Kier alpha value is -1.94. The van der Waals surface area contributed by atoms with Gasteiger partial charge in [-0.2, -0.15) is 0 Å². The first kappa shape index (κ1) is 99.1. The lowest BCUT2D eigenvalue weighted by molar-refractivity contribution is -0.161. The van der Waals surface area contributed by atoms with E-state index in [0.717, 1.165) is 108 Å². The number of carbonyl (C=O) groups excluding carboxylic acids is 4. The average Bonchev–Trinajstić information content (AvgIpc) is 1.08. The van der Waals surface area contributed by atoms with Crippen molar-refractivity contribution in [2.24, 2.45) is 17.8 Å². The second kappa shape index (κ2) is 72.3. The molecule has 101 heavy (non-hydrogen) atoms. The van der Waals surface area contributed by atoms with Crippen molar-refractivity contribution < 1.29 is 80.2 Å². The lowest BCUT2D eigenvalue weighted by Gasteiger charge is -2.21. The third kappa shape index (κ3) is 76.1. The van der Waals surface area contributed by atoms with Crippen molar-refractivity contribution in [3.63, 3.8) is 0 Å². The summed E-state index contributed by atoms with van der Waals surface area (Å²) in [7, 11) is -9.92. The molecule has 0 aromatic heterocycles. The summed E-state index contributed by atoms with van der Waals surface area (Å²) in [5.74, 6) is 0.166. The minimum atomic E-state index is -4.96. The molecule has 17 nitrogen and oxygen atoms in total. The molecule has 2 unspecified atom stereocenters. The molecule has 0 aliphatic carbocycles. The highest BCUT2D eigenvalue weighted by molar-refractivity contribution is 7.47. The van der Waals surface area contributed by atoms with Gasteiger partial charge in [-0.3, -0.25) is 37.3 Å². The summed E-state index contributed by atoms with van der Waals surface area (Å²) >= 11 is 0. The lowest BCUT2D eigenvalue weighted by Crippen LogP contribution is -2.30. The third-order valence-corrected chi connectivity index (χ3v) is 21.0. The number of esters is 4. The van der Waals surface area contributed by atoms with Crippen LogP contribution in [0.25, 0.3) is 0 Å². The Morgan fingerprint density at radius 1 is 0.267 bits per heavy atom. The number of rotatable bonds is 80. The minimum Gasteiger partial charge on any atom is -0.462 e. The van der Waals surface area contributed by atoms with Gasteiger partial charge in [0.1, 0.15) is 19.3 Å². The molecule has 0 bridgehead atoms. The first-order valence-corrected chi connectivity index (χ1v) is 45.3. The maximum atomic E-state index is 13.1. The molecule has 0 spiro atoms. The molecule has 0 saturated heterocycles. The number of unbranched alkanes of at least 4 members (excludes halogenated alkanes) is 48. The average molecular weight is 1480 g/mol. The molecule has 3 N–H and O–H groups in total. The van der Waals surface area contributed by atoms with Crippen LogP contribution in [0.2, 0.25) is 0 Å². The predicted octanol–water partition coefficient (Wildman–Crippen LogP) is 24.5. The molecule has 0 aromatic rings. The molecule has 0 rings (SSSR count). The smallest absolute Gasteiger partial charge is 0.462 e. The van der Waals surface area contributed by atoms with E-state index >= 15 is 0 Å². The summed E-state index contributed by atoms with van der Waals surface area (Å²) in [6, 6.07) is 0. The van der Waals surface area contributed by atoms with Crippen LogP contribution in [0.4, 0.5) is 0 Å². The summed E-state index contributed by atoms with van der Waals surface area (Å²) < 4.78 is 68.7. The zero-order valence-corrected chi connectivity index (χ0v) is 68.2.